The second-order valence-electron chi connectivity index (χ2n) is 9.37. The molecule has 4 rings (SSSR count). The van der Waals surface area contributed by atoms with Crippen LogP contribution in [-0.4, -0.2) is 59.7 Å². The molecule has 0 saturated carbocycles. The molecule has 0 radical (unpaired) electrons. The first kappa shape index (κ1) is 27.4. The van der Waals surface area contributed by atoms with Crippen molar-refractivity contribution in [3.63, 3.8) is 0 Å². The van der Waals surface area contributed by atoms with Crippen molar-refractivity contribution < 1.29 is 27.4 Å². The van der Waals surface area contributed by atoms with Gasteiger partial charge in [-0.1, -0.05) is 18.2 Å². The average molecular weight is 534 g/mol. The first-order valence-electron chi connectivity index (χ1n) is 12.1. The number of carbonyl (C=O) groups is 1. The zero-order chi connectivity index (χ0) is 27.8. The molecule has 1 amide bonds. The van der Waals surface area contributed by atoms with Crippen LogP contribution in [0.4, 0.5) is 19.0 Å². The predicted octanol–water partition coefficient (Wildman–Crippen LogP) is 3.53. The van der Waals surface area contributed by atoms with Crippen LogP contribution < -0.4 is 15.2 Å². The van der Waals surface area contributed by atoms with Gasteiger partial charge in [0.05, 0.1) is 23.6 Å². The van der Waals surface area contributed by atoms with E-state index in [1.165, 1.54) is 37.8 Å². The predicted molar refractivity (Wildman–Crippen MR) is 135 cm³/mol. The van der Waals surface area contributed by atoms with Gasteiger partial charge in [0, 0.05) is 53.3 Å². The number of anilines is 1. The van der Waals surface area contributed by atoms with Crippen molar-refractivity contribution in [3.05, 3.63) is 57.1 Å². The van der Waals surface area contributed by atoms with Gasteiger partial charge in [0.25, 0.3) is 12.0 Å². The molecule has 38 heavy (non-hydrogen) atoms. The number of hydrogen-bond donors (Lipinski definition) is 0. The highest BCUT2D eigenvalue weighted by Crippen LogP contribution is 2.37. The second-order valence-corrected chi connectivity index (χ2v) is 9.37. The Balaban J connectivity index is 1.85. The Kier molecular flexibility index (Phi) is 7.63. The molecule has 3 heterocycles. The van der Waals surface area contributed by atoms with Crippen LogP contribution >= 0.6 is 0 Å². The minimum atomic E-state index is -2.95. The summed E-state index contributed by atoms with van der Waals surface area (Å²) in [5, 5.41) is 0.473. The third-order valence-corrected chi connectivity index (χ3v) is 7.22. The molecule has 3 aromatic rings. The number of rotatable bonds is 7. The molecule has 0 spiro atoms. The molecule has 0 atom stereocenters. The average Bonchev–Trinajstić information content (AvgIpc) is 2.91. The van der Waals surface area contributed by atoms with E-state index in [4.69, 9.17) is 9.47 Å². The minimum Gasteiger partial charge on any atom is -0.467 e. The number of benzene rings is 1. The van der Waals surface area contributed by atoms with E-state index < -0.39 is 23.4 Å². The van der Waals surface area contributed by atoms with E-state index in [-0.39, 0.29) is 35.2 Å². The van der Waals surface area contributed by atoms with E-state index in [0.29, 0.717) is 42.7 Å². The molecular formula is C26H30F3N5O4. The van der Waals surface area contributed by atoms with Crippen molar-refractivity contribution in [3.8, 4) is 6.01 Å². The van der Waals surface area contributed by atoms with Gasteiger partial charge in [0.2, 0.25) is 5.91 Å². The van der Waals surface area contributed by atoms with Crippen LogP contribution in [0.15, 0.2) is 29.1 Å². The maximum Gasteiger partial charge on any atom is 0.320 e. The Morgan fingerprint density at radius 1 is 1.21 bits per heavy atom. The number of alkyl halides is 2. The third kappa shape index (κ3) is 4.80. The smallest absolute Gasteiger partial charge is 0.320 e. The molecule has 1 aliphatic rings. The molecule has 1 saturated heterocycles. The highest BCUT2D eigenvalue weighted by atomic mass is 19.3. The molecule has 0 unspecified atom stereocenters. The highest BCUT2D eigenvalue weighted by molar-refractivity contribution is 5.88. The van der Waals surface area contributed by atoms with Gasteiger partial charge in [-0.2, -0.15) is 9.97 Å². The van der Waals surface area contributed by atoms with Crippen molar-refractivity contribution >= 4 is 22.8 Å². The molecule has 1 aromatic carbocycles. The van der Waals surface area contributed by atoms with Gasteiger partial charge in [0.15, 0.2) is 5.65 Å². The van der Waals surface area contributed by atoms with Crippen LogP contribution in [0, 0.1) is 5.82 Å². The van der Waals surface area contributed by atoms with Gasteiger partial charge in [-0.3, -0.25) is 14.2 Å². The molecule has 2 aromatic heterocycles. The Morgan fingerprint density at radius 3 is 2.47 bits per heavy atom. The number of carbonyl (C=O) groups excluding carboxylic acids is 1. The monoisotopic (exact) mass is 533 g/mol. The molecule has 0 N–H and O–H groups in total. The van der Waals surface area contributed by atoms with E-state index in [9.17, 15) is 22.8 Å². The molecule has 12 heteroatoms. The van der Waals surface area contributed by atoms with Gasteiger partial charge in [-0.15, -0.1) is 0 Å². The number of likely N-dealkylation sites (tertiary alicyclic amines) is 1. The van der Waals surface area contributed by atoms with Crippen molar-refractivity contribution in [2.24, 2.45) is 7.05 Å². The summed E-state index contributed by atoms with van der Waals surface area (Å²) in [4.78, 5) is 37.5. The number of pyridine rings is 1. The molecule has 0 bridgehead atoms. The molecule has 1 fully saturated rings. The van der Waals surface area contributed by atoms with Gasteiger partial charge < -0.3 is 19.3 Å². The number of methoxy groups -OCH3 is 2. The molecular weight excluding hydrogens is 503 g/mol. The van der Waals surface area contributed by atoms with Crippen LogP contribution in [-0.2, 0) is 28.7 Å². The summed E-state index contributed by atoms with van der Waals surface area (Å²) >= 11 is 0. The zero-order valence-corrected chi connectivity index (χ0v) is 21.9. The summed E-state index contributed by atoms with van der Waals surface area (Å²) in [5.74, 6) is -0.713. The van der Waals surface area contributed by atoms with Gasteiger partial charge in [-0.05, 0) is 18.9 Å². The van der Waals surface area contributed by atoms with Crippen molar-refractivity contribution in [1.82, 2.24) is 19.4 Å². The number of amides is 1. The van der Waals surface area contributed by atoms with E-state index in [1.54, 1.807) is 30.0 Å². The number of fused-ring (bicyclic) bond motifs is 1. The third-order valence-electron chi connectivity index (χ3n) is 7.22. The number of hydrogen-bond acceptors (Lipinski definition) is 7. The van der Waals surface area contributed by atoms with Crippen molar-refractivity contribution in [1.29, 1.82) is 0 Å². The molecule has 1 aliphatic heterocycles. The lowest BCUT2D eigenvalue weighted by molar-refractivity contribution is -0.135. The minimum absolute atomic E-state index is 0.0138. The maximum absolute atomic E-state index is 14.8. The fourth-order valence-electron chi connectivity index (χ4n) is 4.99. The lowest BCUT2D eigenvalue weighted by Crippen LogP contribution is -2.48. The van der Waals surface area contributed by atoms with Gasteiger partial charge >= 0.3 is 6.01 Å². The molecule has 9 nitrogen and oxygen atoms in total. The number of halogens is 3. The Labute approximate surface area is 217 Å². The van der Waals surface area contributed by atoms with Crippen molar-refractivity contribution in [2.45, 2.75) is 38.3 Å². The summed E-state index contributed by atoms with van der Waals surface area (Å²) in [7, 11) is 6.12. The lowest BCUT2D eigenvalue weighted by atomic mass is 9.84. The summed E-state index contributed by atoms with van der Waals surface area (Å²) < 4.78 is 53.9. The Morgan fingerprint density at radius 2 is 1.89 bits per heavy atom. The Bertz CT molecular complexity index is 1420. The van der Waals surface area contributed by atoms with E-state index >= 15 is 0 Å². The largest absolute Gasteiger partial charge is 0.467 e. The number of aromatic nitrogens is 3. The van der Waals surface area contributed by atoms with Gasteiger partial charge in [0.1, 0.15) is 17.2 Å². The molecule has 0 aliphatic carbocycles. The number of ether oxygens (including phenoxy) is 2. The first-order valence-corrected chi connectivity index (χ1v) is 12.1. The van der Waals surface area contributed by atoms with E-state index in [0.717, 1.165) is 6.07 Å². The number of aryl methyl sites for hydroxylation is 1. The molecule has 204 valence electrons. The maximum atomic E-state index is 14.8. The normalized spacial score (nSPS) is 15.2. The second kappa shape index (κ2) is 10.6. The first-order chi connectivity index (χ1) is 18.0. The zero-order valence-electron chi connectivity index (χ0n) is 21.9. The van der Waals surface area contributed by atoms with Crippen molar-refractivity contribution in [2.75, 3.05) is 39.3 Å². The van der Waals surface area contributed by atoms with Crippen LogP contribution in [0.25, 0.3) is 11.0 Å². The standard InChI is InChI=1S/C26H30F3N5O4/c1-15(35)34-11-9-26(38-5,10-12-34)19-13-18-22(30-25(37-4)31-23(18)33(3)24(19)36)32(2)14-16-7-6-8-17(20(16)27)21(28)29/h6-8,13,21H,9-12,14H2,1-5H3. The van der Waals surface area contributed by atoms with Crippen LogP contribution in [0.5, 0.6) is 6.01 Å². The topological polar surface area (TPSA) is 89.8 Å². The van der Waals surface area contributed by atoms with Crippen LogP contribution in [0.2, 0.25) is 0 Å². The highest BCUT2D eigenvalue weighted by Gasteiger charge is 2.40. The van der Waals surface area contributed by atoms with Crippen LogP contribution in [0.1, 0.15) is 42.9 Å². The van der Waals surface area contributed by atoms with Gasteiger partial charge in [-0.25, -0.2) is 13.2 Å². The summed E-state index contributed by atoms with van der Waals surface area (Å²) in [6.45, 7) is 2.27. The number of piperidine rings is 1. The summed E-state index contributed by atoms with van der Waals surface area (Å²) in [5.41, 5.74) is -1.21. The summed E-state index contributed by atoms with van der Waals surface area (Å²) in [6, 6.07) is 5.52. The van der Waals surface area contributed by atoms with Crippen LogP contribution in [0.3, 0.4) is 0 Å². The lowest BCUT2D eigenvalue weighted by Gasteiger charge is -2.40. The number of nitrogens with zero attached hydrogens (tertiary/aromatic N) is 5. The summed E-state index contributed by atoms with van der Waals surface area (Å²) in [6.07, 6.45) is -2.12. The van der Waals surface area contributed by atoms with E-state index in [2.05, 4.69) is 9.97 Å². The fraction of sp³-hybridized carbons (Fsp3) is 0.462. The Hall–Kier alpha value is -3.67. The SMILES string of the molecule is COc1nc(N(C)Cc2cccc(C(F)F)c2F)c2cc(C3(OC)CCN(C(C)=O)CC3)c(=O)n(C)c2n1. The van der Waals surface area contributed by atoms with E-state index in [1.807, 2.05) is 0 Å². The fourth-order valence-corrected chi connectivity index (χ4v) is 4.99. The quantitative estimate of drug-likeness (QED) is 0.459.